The molecule has 0 saturated carbocycles. The summed E-state index contributed by atoms with van der Waals surface area (Å²) in [4.78, 5) is 25.5. The van der Waals surface area contributed by atoms with Crippen molar-refractivity contribution in [1.82, 2.24) is 0 Å². The fourth-order valence-electron chi connectivity index (χ4n) is 2.37. The monoisotopic (exact) mass is 345 g/mol. The summed E-state index contributed by atoms with van der Waals surface area (Å²) in [6, 6.07) is 7.46. The largest absolute Gasteiger partial charge is 0.459 e. The number of furan rings is 1. The summed E-state index contributed by atoms with van der Waals surface area (Å²) >= 11 is 0. The Hall–Kier alpha value is -2.76. The summed E-state index contributed by atoms with van der Waals surface area (Å²) in [6.45, 7) is 10.9. The van der Waals surface area contributed by atoms with Crippen molar-refractivity contribution in [1.29, 1.82) is 0 Å². The van der Waals surface area contributed by atoms with Crippen molar-refractivity contribution in [3.8, 4) is 0 Å². The fraction of sp³-hybridized carbons (Fsp3) is 0.368. The molecule has 0 spiro atoms. The van der Waals surface area contributed by atoms with Gasteiger partial charge in [0.25, 0.3) is 0 Å². The average Bonchev–Trinajstić information content (AvgIpc) is 3.02. The Labute approximate surface area is 147 Å². The SMILES string of the molecule is C=C(C)C(=O)OCCOC(=O)c1cc2ccc(N(CC)CC)cc2o1. The molecule has 1 aromatic heterocycles. The summed E-state index contributed by atoms with van der Waals surface area (Å²) in [6.07, 6.45) is 0. The molecule has 0 unspecified atom stereocenters. The smallest absolute Gasteiger partial charge is 0.374 e. The number of fused-ring (bicyclic) bond motifs is 1. The first-order valence-electron chi connectivity index (χ1n) is 8.24. The van der Waals surface area contributed by atoms with Gasteiger partial charge in [-0.3, -0.25) is 0 Å². The van der Waals surface area contributed by atoms with Crippen molar-refractivity contribution >= 4 is 28.6 Å². The Morgan fingerprint density at radius 1 is 1.12 bits per heavy atom. The third-order valence-corrected chi connectivity index (χ3v) is 3.73. The van der Waals surface area contributed by atoms with Crippen molar-refractivity contribution < 1.29 is 23.5 Å². The van der Waals surface area contributed by atoms with E-state index in [9.17, 15) is 9.59 Å². The van der Waals surface area contributed by atoms with Gasteiger partial charge < -0.3 is 18.8 Å². The lowest BCUT2D eigenvalue weighted by molar-refractivity contribution is -0.140. The van der Waals surface area contributed by atoms with Gasteiger partial charge in [-0.05, 0) is 39.0 Å². The number of esters is 2. The first kappa shape index (κ1) is 18.6. The van der Waals surface area contributed by atoms with Crippen LogP contribution in [0.25, 0.3) is 11.0 Å². The van der Waals surface area contributed by atoms with Crippen molar-refractivity contribution in [2.24, 2.45) is 0 Å². The van der Waals surface area contributed by atoms with E-state index in [1.54, 1.807) is 13.0 Å². The average molecular weight is 345 g/mol. The van der Waals surface area contributed by atoms with Gasteiger partial charge in [0.1, 0.15) is 18.8 Å². The number of nitrogens with zero attached hydrogens (tertiary/aromatic N) is 1. The highest BCUT2D eigenvalue weighted by molar-refractivity contribution is 5.93. The Balaban J connectivity index is 1.99. The van der Waals surface area contributed by atoms with Crippen molar-refractivity contribution in [3.63, 3.8) is 0 Å². The van der Waals surface area contributed by atoms with E-state index in [1.165, 1.54) is 0 Å². The molecule has 1 heterocycles. The van der Waals surface area contributed by atoms with Crippen molar-refractivity contribution in [2.45, 2.75) is 20.8 Å². The third-order valence-electron chi connectivity index (χ3n) is 3.73. The lowest BCUT2D eigenvalue weighted by Gasteiger charge is -2.20. The standard InChI is InChI=1S/C19H23NO5/c1-5-20(6-2)15-8-7-14-11-17(25-16(14)12-15)19(22)24-10-9-23-18(21)13(3)4/h7-8,11-12H,3,5-6,9-10H2,1-2,4H3. The van der Waals surface area contributed by atoms with Gasteiger partial charge in [0.05, 0.1) is 0 Å². The number of hydrogen-bond acceptors (Lipinski definition) is 6. The van der Waals surface area contributed by atoms with Crippen LogP contribution in [0.5, 0.6) is 0 Å². The molecule has 25 heavy (non-hydrogen) atoms. The number of ether oxygens (including phenoxy) is 2. The molecule has 0 amide bonds. The molecular weight excluding hydrogens is 322 g/mol. The van der Waals surface area contributed by atoms with E-state index in [0.717, 1.165) is 24.2 Å². The first-order chi connectivity index (χ1) is 12.0. The number of hydrogen-bond donors (Lipinski definition) is 0. The molecule has 0 atom stereocenters. The summed E-state index contributed by atoms with van der Waals surface area (Å²) in [5.41, 5.74) is 1.97. The van der Waals surface area contributed by atoms with Gasteiger partial charge in [-0.25, -0.2) is 9.59 Å². The number of carbonyl (C=O) groups is 2. The molecular formula is C19H23NO5. The molecule has 134 valence electrons. The van der Waals surface area contributed by atoms with Gasteiger partial charge in [-0.1, -0.05) is 6.58 Å². The van der Waals surface area contributed by atoms with Gasteiger partial charge in [0.2, 0.25) is 5.76 Å². The molecule has 0 N–H and O–H groups in total. The fourth-order valence-corrected chi connectivity index (χ4v) is 2.37. The van der Waals surface area contributed by atoms with Crippen molar-refractivity contribution in [3.05, 3.63) is 42.2 Å². The van der Waals surface area contributed by atoms with E-state index in [1.807, 2.05) is 18.2 Å². The molecule has 0 aliphatic heterocycles. The molecule has 0 bridgehead atoms. The van der Waals surface area contributed by atoms with E-state index in [0.29, 0.717) is 11.2 Å². The van der Waals surface area contributed by atoms with E-state index in [-0.39, 0.29) is 19.0 Å². The second kappa shape index (κ2) is 8.37. The molecule has 2 rings (SSSR count). The molecule has 2 aromatic rings. The number of carbonyl (C=O) groups excluding carboxylic acids is 2. The summed E-state index contributed by atoms with van der Waals surface area (Å²) in [5, 5.41) is 0.830. The highest BCUT2D eigenvalue weighted by atomic mass is 16.6. The van der Waals surface area contributed by atoms with Crippen LogP contribution < -0.4 is 4.90 Å². The van der Waals surface area contributed by atoms with Crippen LogP contribution >= 0.6 is 0 Å². The van der Waals surface area contributed by atoms with E-state index in [2.05, 4.69) is 25.3 Å². The maximum absolute atomic E-state index is 12.0. The summed E-state index contributed by atoms with van der Waals surface area (Å²) in [7, 11) is 0. The molecule has 6 nitrogen and oxygen atoms in total. The highest BCUT2D eigenvalue weighted by Gasteiger charge is 2.15. The lowest BCUT2D eigenvalue weighted by atomic mass is 10.2. The zero-order valence-electron chi connectivity index (χ0n) is 14.8. The Bertz CT molecular complexity index is 773. The van der Waals surface area contributed by atoms with Gasteiger partial charge in [-0.15, -0.1) is 0 Å². The second-order valence-electron chi connectivity index (χ2n) is 5.56. The Morgan fingerprint density at radius 2 is 1.80 bits per heavy atom. The minimum atomic E-state index is -0.591. The molecule has 0 aliphatic rings. The molecule has 0 fully saturated rings. The zero-order chi connectivity index (χ0) is 18.4. The lowest BCUT2D eigenvalue weighted by Crippen LogP contribution is -2.21. The van der Waals surface area contributed by atoms with Crippen LogP contribution in [0.4, 0.5) is 5.69 Å². The topological polar surface area (TPSA) is 69.0 Å². The van der Waals surface area contributed by atoms with Gasteiger partial charge in [0, 0.05) is 35.8 Å². The molecule has 0 aliphatic carbocycles. The predicted octanol–water partition coefficient (Wildman–Crippen LogP) is 3.56. The number of anilines is 1. The quantitative estimate of drug-likeness (QED) is 0.414. The molecule has 1 aromatic carbocycles. The Morgan fingerprint density at radius 3 is 2.44 bits per heavy atom. The van der Waals surface area contributed by atoms with Crippen LogP contribution in [0, 0.1) is 0 Å². The van der Waals surface area contributed by atoms with Crippen LogP contribution in [-0.4, -0.2) is 38.2 Å². The van der Waals surface area contributed by atoms with Gasteiger partial charge in [-0.2, -0.15) is 0 Å². The second-order valence-corrected chi connectivity index (χ2v) is 5.56. The van der Waals surface area contributed by atoms with E-state index < -0.39 is 11.9 Å². The van der Waals surface area contributed by atoms with Gasteiger partial charge in [0.15, 0.2) is 0 Å². The minimum absolute atomic E-state index is 0.0240. The van der Waals surface area contributed by atoms with Crippen molar-refractivity contribution in [2.75, 3.05) is 31.2 Å². The van der Waals surface area contributed by atoms with Crippen LogP contribution in [0.15, 0.2) is 40.8 Å². The summed E-state index contributed by atoms with van der Waals surface area (Å²) < 4.78 is 15.5. The Kier molecular flexibility index (Phi) is 6.22. The maximum Gasteiger partial charge on any atom is 0.374 e. The zero-order valence-corrected chi connectivity index (χ0v) is 14.8. The van der Waals surface area contributed by atoms with Gasteiger partial charge >= 0.3 is 11.9 Å². The molecule has 0 saturated heterocycles. The van der Waals surface area contributed by atoms with E-state index >= 15 is 0 Å². The van der Waals surface area contributed by atoms with E-state index in [4.69, 9.17) is 13.9 Å². The van der Waals surface area contributed by atoms with Crippen LogP contribution in [0.3, 0.4) is 0 Å². The number of rotatable bonds is 8. The first-order valence-corrected chi connectivity index (χ1v) is 8.24. The predicted molar refractivity (Wildman–Crippen MR) is 95.8 cm³/mol. The molecule has 6 heteroatoms. The highest BCUT2D eigenvalue weighted by Crippen LogP contribution is 2.25. The minimum Gasteiger partial charge on any atom is -0.459 e. The summed E-state index contributed by atoms with van der Waals surface area (Å²) in [5.74, 6) is -0.978. The van der Waals surface area contributed by atoms with Crippen LogP contribution in [0.1, 0.15) is 31.3 Å². The maximum atomic E-state index is 12.0. The van der Waals surface area contributed by atoms with Crippen LogP contribution in [0.2, 0.25) is 0 Å². The number of benzene rings is 1. The van der Waals surface area contributed by atoms with Crippen LogP contribution in [-0.2, 0) is 14.3 Å². The molecule has 0 radical (unpaired) electrons. The normalized spacial score (nSPS) is 10.5. The third kappa shape index (κ3) is 4.62.